The summed E-state index contributed by atoms with van der Waals surface area (Å²) in [5.74, 6) is 0. The lowest BCUT2D eigenvalue weighted by Crippen LogP contribution is -2.69. The Kier molecular flexibility index (Phi) is 12.3. The number of rotatable bonds is 16. The van der Waals surface area contributed by atoms with Crippen LogP contribution in [0.1, 0.15) is 27.8 Å². The van der Waals surface area contributed by atoms with E-state index in [0.717, 1.165) is 34.1 Å². The van der Waals surface area contributed by atoms with Gasteiger partial charge in [0.1, 0.15) is 24.6 Å². The molecule has 0 spiro atoms. The van der Waals surface area contributed by atoms with E-state index < -0.39 is 24.4 Å². The second-order valence-electron chi connectivity index (χ2n) is 12.1. The molecule has 5 atom stereocenters. The van der Waals surface area contributed by atoms with Crippen LogP contribution < -0.4 is 0 Å². The van der Waals surface area contributed by atoms with E-state index in [9.17, 15) is 4.79 Å². The lowest BCUT2D eigenvalue weighted by atomic mass is 9.87. The summed E-state index contributed by atoms with van der Waals surface area (Å²) in [6, 6.07) is 49.7. The Labute approximate surface area is 283 Å². The van der Waals surface area contributed by atoms with Crippen molar-refractivity contribution < 1.29 is 23.7 Å². The number of benzene rings is 5. The molecule has 1 heterocycles. The van der Waals surface area contributed by atoms with Crippen LogP contribution in [0.4, 0.5) is 0 Å². The zero-order chi connectivity index (χ0) is 32.8. The minimum Gasteiger partial charge on any atom is -0.375 e. The first-order valence-corrected chi connectivity index (χ1v) is 16.6. The second-order valence-corrected chi connectivity index (χ2v) is 12.1. The van der Waals surface area contributed by atoms with Gasteiger partial charge < -0.3 is 23.7 Å². The fourth-order valence-corrected chi connectivity index (χ4v) is 6.32. The number of nitrogens with zero attached hydrogens (tertiary/aromatic N) is 1. The van der Waals surface area contributed by atoms with E-state index in [1.54, 1.807) is 0 Å². The Hall–Kier alpha value is -4.43. The number of hydrogen-bond acceptors (Lipinski definition) is 6. The summed E-state index contributed by atoms with van der Waals surface area (Å²) in [6.07, 6.45) is -0.647. The van der Waals surface area contributed by atoms with Crippen molar-refractivity contribution in [2.45, 2.75) is 63.4 Å². The van der Waals surface area contributed by atoms with Gasteiger partial charge in [-0.05, 0) is 27.8 Å². The molecule has 1 aliphatic rings. The number of carbonyl (C=O) groups excluding carboxylic acids is 1. The van der Waals surface area contributed by atoms with Crippen molar-refractivity contribution in [3.8, 4) is 0 Å². The van der Waals surface area contributed by atoms with E-state index in [-0.39, 0.29) is 6.04 Å². The molecule has 1 unspecified atom stereocenters. The van der Waals surface area contributed by atoms with E-state index in [0.29, 0.717) is 39.6 Å². The molecule has 0 radical (unpaired) electrons. The van der Waals surface area contributed by atoms with Crippen molar-refractivity contribution in [1.82, 2.24) is 4.90 Å². The van der Waals surface area contributed by atoms with Crippen molar-refractivity contribution in [2.24, 2.45) is 0 Å². The van der Waals surface area contributed by atoms with E-state index >= 15 is 0 Å². The summed E-state index contributed by atoms with van der Waals surface area (Å²) >= 11 is 0. The molecule has 0 saturated carbocycles. The maximum absolute atomic E-state index is 13.3. The van der Waals surface area contributed by atoms with Crippen LogP contribution in [0.15, 0.2) is 152 Å². The molecule has 5 aromatic rings. The highest BCUT2D eigenvalue weighted by Crippen LogP contribution is 2.34. The number of likely N-dealkylation sites (tertiary alicyclic amines) is 1. The van der Waals surface area contributed by atoms with Crippen molar-refractivity contribution in [3.05, 3.63) is 179 Å². The standard InChI is InChI=1S/C42H43NO5/c44-27-38-40(46-29-35-20-10-3-11-21-35)42(48-31-37-24-14-5-15-25-37)41(47-30-36-22-12-4-13-23-36)39(32-45-28-34-18-8-2-9-19-34)43(38)26-33-16-6-1-7-17-33/h1-25,27,38-42H,26,28-32H2/t38-,39-,40+,41?,42-/m1/s1. The van der Waals surface area contributed by atoms with Crippen molar-refractivity contribution in [3.63, 3.8) is 0 Å². The normalized spacial score (nSPS) is 21.1. The van der Waals surface area contributed by atoms with Gasteiger partial charge in [0.15, 0.2) is 0 Å². The number of aldehydes is 1. The van der Waals surface area contributed by atoms with E-state index in [2.05, 4.69) is 41.3 Å². The largest absolute Gasteiger partial charge is 0.375 e. The molecule has 246 valence electrons. The Balaban J connectivity index is 1.37. The fraction of sp³-hybridized carbons (Fsp3) is 0.262. The first-order valence-electron chi connectivity index (χ1n) is 16.6. The molecule has 0 bridgehead atoms. The first-order chi connectivity index (χ1) is 23.8. The summed E-state index contributed by atoms with van der Waals surface area (Å²) in [6.45, 7) is 2.36. The topological polar surface area (TPSA) is 57.2 Å². The molecule has 5 aromatic carbocycles. The summed E-state index contributed by atoms with van der Waals surface area (Å²) in [4.78, 5) is 15.5. The highest BCUT2D eigenvalue weighted by molar-refractivity contribution is 5.60. The van der Waals surface area contributed by atoms with Crippen LogP contribution in [-0.4, -0.2) is 48.2 Å². The molecule has 0 N–H and O–H groups in total. The van der Waals surface area contributed by atoms with Gasteiger partial charge in [-0.2, -0.15) is 0 Å². The number of carbonyl (C=O) groups is 1. The SMILES string of the molecule is O=C[C@@H]1[C@H](OCc2ccccc2)[C@@H](OCc2ccccc2)C(OCc2ccccc2)[C@@H](COCc2ccccc2)N1Cc1ccccc1. The van der Waals surface area contributed by atoms with Crippen LogP contribution >= 0.6 is 0 Å². The van der Waals surface area contributed by atoms with E-state index in [1.807, 2.05) is 115 Å². The molecule has 1 aliphatic heterocycles. The van der Waals surface area contributed by atoms with Gasteiger partial charge in [-0.15, -0.1) is 0 Å². The van der Waals surface area contributed by atoms with Crippen molar-refractivity contribution in [1.29, 1.82) is 0 Å². The molecule has 0 aliphatic carbocycles. The minimum absolute atomic E-state index is 0.315. The van der Waals surface area contributed by atoms with Crippen LogP contribution in [0.2, 0.25) is 0 Å². The Morgan fingerprint density at radius 1 is 0.458 bits per heavy atom. The first kappa shape index (κ1) is 33.5. The maximum atomic E-state index is 13.3. The van der Waals surface area contributed by atoms with Crippen molar-refractivity contribution >= 4 is 6.29 Å². The van der Waals surface area contributed by atoms with Gasteiger partial charge in [0.2, 0.25) is 0 Å². The van der Waals surface area contributed by atoms with Crippen LogP contribution in [0, 0.1) is 0 Å². The van der Waals surface area contributed by atoms with Gasteiger partial charge in [-0.3, -0.25) is 4.90 Å². The molecule has 0 amide bonds. The Morgan fingerprint density at radius 3 is 1.27 bits per heavy atom. The molecule has 6 nitrogen and oxygen atoms in total. The van der Waals surface area contributed by atoms with Crippen LogP contribution in [0.25, 0.3) is 0 Å². The van der Waals surface area contributed by atoms with Gasteiger partial charge in [0.05, 0.1) is 45.1 Å². The predicted octanol–water partition coefficient (Wildman–Crippen LogP) is 7.41. The highest BCUT2D eigenvalue weighted by atomic mass is 16.6. The molecule has 48 heavy (non-hydrogen) atoms. The van der Waals surface area contributed by atoms with Gasteiger partial charge in [0.25, 0.3) is 0 Å². The summed E-state index contributed by atoms with van der Waals surface area (Å²) < 4.78 is 26.9. The third-order valence-electron chi connectivity index (χ3n) is 8.78. The van der Waals surface area contributed by atoms with Gasteiger partial charge >= 0.3 is 0 Å². The smallest absolute Gasteiger partial charge is 0.139 e. The summed E-state index contributed by atoms with van der Waals surface area (Å²) in [7, 11) is 0. The molecule has 1 fully saturated rings. The van der Waals surface area contributed by atoms with E-state index in [4.69, 9.17) is 18.9 Å². The minimum atomic E-state index is -0.614. The van der Waals surface area contributed by atoms with Gasteiger partial charge in [-0.25, -0.2) is 0 Å². The molecular formula is C42H43NO5. The Bertz CT molecular complexity index is 1620. The molecule has 6 rings (SSSR count). The average Bonchev–Trinajstić information content (AvgIpc) is 3.15. The molecule has 1 saturated heterocycles. The zero-order valence-corrected chi connectivity index (χ0v) is 27.1. The third-order valence-corrected chi connectivity index (χ3v) is 8.78. The summed E-state index contributed by atoms with van der Waals surface area (Å²) in [5, 5.41) is 0. The van der Waals surface area contributed by atoms with Gasteiger partial charge in [0, 0.05) is 6.54 Å². The fourth-order valence-electron chi connectivity index (χ4n) is 6.32. The Morgan fingerprint density at radius 2 is 0.833 bits per heavy atom. The lowest BCUT2D eigenvalue weighted by Gasteiger charge is -2.51. The number of hydrogen-bond donors (Lipinski definition) is 0. The van der Waals surface area contributed by atoms with Crippen molar-refractivity contribution in [2.75, 3.05) is 6.61 Å². The molecular weight excluding hydrogens is 598 g/mol. The molecule has 0 aromatic heterocycles. The van der Waals surface area contributed by atoms with Gasteiger partial charge in [-0.1, -0.05) is 152 Å². The van der Waals surface area contributed by atoms with E-state index in [1.165, 1.54) is 0 Å². The maximum Gasteiger partial charge on any atom is 0.139 e. The summed E-state index contributed by atoms with van der Waals surface area (Å²) in [5.41, 5.74) is 5.28. The lowest BCUT2D eigenvalue weighted by molar-refractivity contribution is -0.226. The number of piperidine rings is 1. The second kappa shape index (κ2) is 17.6. The predicted molar refractivity (Wildman–Crippen MR) is 187 cm³/mol. The number of ether oxygens (including phenoxy) is 4. The monoisotopic (exact) mass is 641 g/mol. The van der Waals surface area contributed by atoms with Crippen LogP contribution in [-0.2, 0) is 56.7 Å². The van der Waals surface area contributed by atoms with Crippen LogP contribution in [0.5, 0.6) is 0 Å². The van der Waals surface area contributed by atoms with Crippen LogP contribution in [0.3, 0.4) is 0 Å². The molecule has 6 heteroatoms. The highest BCUT2D eigenvalue weighted by Gasteiger charge is 2.51. The third kappa shape index (κ3) is 9.13. The quantitative estimate of drug-likeness (QED) is 0.105. The average molecular weight is 642 g/mol. The zero-order valence-electron chi connectivity index (χ0n) is 27.1.